The SMILES string of the molecule is NCCCCCN(c1ccccn1)c1ccccn1. The summed E-state index contributed by atoms with van der Waals surface area (Å²) in [4.78, 5) is 11.0. The smallest absolute Gasteiger partial charge is 0.134 e. The van der Waals surface area contributed by atoms with Gasteiger partial charge in [0.2, 0.25) is 0 Å². The molecule has 0 unspecified atom stereocenters. The van der Waals surface area contributed by atoms with Gasteiger partial charge in [0.25, 0.3) is 0 Å². The fourth-order valence-corrected chi connectivity index (χ4v) is 1.96. The lowest BCUT2D eigenvalue weighted by molar-refractivity contribution is 0.683. The second kappa shape index (κ2) is 7.48. The van der Waals surface area contributed by atoms with Crippen LogP contribution in [0.1, 0.15) is 19.3 Å². The van der Waals surface area contributed by atoms with Crippen LogP contribution in [-0.4, -0.2) is 23.1 Å². The number of unbranched alkanes of at least 4 members (excludes halogenated alkanes) is 2. The summed E-state index contributed by atoms with van der Waals surface area (Å²) >= 11 is 0. The van der Waals surface area contributed by atoms with Crippen LogP contribution in [0.4, 0.5) is 11.6 Å². The van der Waals surface area contributed by atoms with E-state index in [2.05, 4.69) is 14.9 Å². The number of nitrogens with two attached hydrogens (primary N) is 1. The molecule has 0 saturated carbocycles. The highest BCUT2D eigenvalue weighted by Gasteiger charge is 2.10. The van der Waals surface area contributed by atoms with Crippen molar-refractivity contribution < 1.29 is 0 Å². The Bertz CT molecular complexity index is 419. The highest BCUT2D eigenvalue weighted by Crippen LogP contribution is 2.21. The fourth-order valence-electron chi connectivity index (χ4n) is 1.96. The summed E-state index contributed by atoms with van der Waals surface area (Å²) < 4.78 is 0. The minimum Gasteiger partial charge on any atom is -0.330 e. The van der Waals surface area contributed by atoms with E-state index in [1.165, 1.54) is 0 Å². The van der Waals surface area contributed by atoms with Crippen LogP contribution < -0.4 is 10.6 Å². The highest BCUT2D eigenvalue weighted by atomic mass is 15.2. The topological polar surface area (TPSA) is 55.0 Å². The molecule has 2 N–H and O–H groups in total. The van der Waals surface area contributed by atoms with Crippen molar-refractivity contribution in [2.75, 3.05) is 18.0 Å². The molecule has 4 heteroatoms. The molecule has 0 aromatic carbocycles. The molecule has 0 spiro atoms. The maximum Gasteiger partial charge on any atom is 0.134 e. The van der Waals surface area contributed by atoms with Gasteiger partial charge in [0.1, 0.15) is 11.6 Å². The molecule has 2 rings (SSSR count). The van der Waals surface area contributed by atoms with Crippen molar-refractivity contribution in [2.24, 2.45) is 5.73 Å². The van der Waals surface area contributed by atoms with Gasteiger partial charge in [0.15, 0.2) is 0 Å². The first kappa shape index (κ1) is 13.5. The lowest BCUT2D eigenvalue weighted by atomic mass is 10.2. The molecule has 2 aromatic heterocycles. The molecular weight excluding hydrogens is 236 g/mol. The van der Waals surface area contributed by atoms with Gasteiger partial charge in [0, 0.05) is 18.9 Å². The van der Waals surface area contributed by atoms with Gasteiger partial charge in [-0.25, -0.2) is 9.97 Å². The van der Waals surface area contributed by atoms with E-state index in [-0.39, 0.29) is 0 Å². The molecule has 0 saturated heterocycles. The first-order valence-electron chi connectivity index (χ1n) is 6.71. The standard InChI is InChI=1S/C15H20N4/c16-10-4-1-7-13-19(14-8-2-5-11-17-14)15-9-3-6-12-18-15/h2-3,5-6,8-9,11-12H,1,4,7,10,13,16H2. The highest BCUT2D eigenvalue weighted by molar-refractivity contribution is 5.55. The van der Waals surface area contributed by atoms with Crippen molar-refractivity contribution in [1.82, 2.24) is 9.97 Å². The molecule has 0 fully saturated rings. The van der Waals surface area contributed by atoms with Crippen molar-refractivity contribution >= 4 is 11.6 Å². The van der Waals surface area contributed by atoms with Gasteiger partial charge >= 0.3 is 0 Å². The van der Waals surface area contributed by atoms with Crippen molar-refractivity contribution in [3.8, 4) is 0 Å². The van der Waals surface area contributed by atoms with E-state index >= 15 is 0 Å². The molecule has 19 heavy (non-hydrogen) atoms. The number of hydrogen-bond donors (Lipinski definition) is 1. The molecule has 4 nitrogen and oxygen atoms in total. The minimum atomic E-state index is 0.757. The van der Waals surface area contributed by atoms with Gasteiger partial charge in [-0.05, 0) is 43.7 Å². The quantitative estimate of drug-likeness (QED) is 0.774. The monoisotopic (exact) mass is 256 g/mol. The normalized spacial score (nSPS) is 10.4. The van der Waals surface area contributed by atoms with Gasteiger partial charge in [-0.15, -0.1) is 0 Å². The first-order valence-corrected chi connectivity index (χ1v) is 6.71. The molecule has 0 atom stereocenters. The average molecular weight is 256 g/mol. The Kier molecular flexibility index (Phi) is 5.31. The Balaban J connectivity index is 2.10. The van der Waals surface area contributed by atoms with Crippen LogP contribution in [0.2, 0.25) is 0 Å². The zero-order valence-electron chi connectivity index (χ0n) is 11.1. The van der Waals surface area contributed by atoms with E-state index in [4.69, 9.17) is 5.73 Å². The van der Waals surface area contributed by atoms with Gasteiger partial charge in [-0.3, -0.25) is 0 Å². The van der Waals surface area contributed by atoms with Crippen LogP contribution in [0.5, 0.6) is 0 Å². The van der Waals surface area contributed by atoms with Gasteiger partial charge in [-0.1, -0.05) is 18.6 Å². The van der Waals surface area contributed by atoms with Crippen molar-refractivity contribution in [3.05, 3.63) is 48.8 Å². The lowest BCUT2D eigenvalue weighted by Crippen LogP contribution is -2.20. The summed E-state index contributed by atoms with van der Waals surface area (Å²) in [5, 5.41) is 0. The predicted molar refractivity (Wildman–Crippen MR) is 78.4 cm³/mol. The lowest BCUT2D eigenvalue weighted by Gasteiger charge is -2.22. The summed E-state index contributed by atoms with van der Waals surface area (Å²) in [5.74, 6) is 1.88. The van der Waals surface area contributed by atoms with Gasteiger partial charge < -0.3 is 10.6 Å². The zero-order chi connectivity index (χ0) is 13.3. The van der Waals surface area contributed by atoms with E-state index in [0.717, 1.165) is 44.0 Å². The third-order valence-corrected chi connectivity index (χ3v) is 2.94. The molecular formula is C15H20N4. The maximum absolute atomic E-state index is 5.53. The molecule has 2 aromatic rings. The summed E-state index contributed by atoms with van der Waals surface area (Å²) in [6.45, 7) is 1.67. The molecule has 100 valence electrons. The molecule has 0 aliphatic heterocycles. The largest absolute Gasteiger partial charge is 0.330 e. The second-order valence-electron chi connectivity index (χ2n) is 4.38. The zero-order valence-corrected chi connectivity index (χ0v) is 11.1. The Hall–Kier alpha value is -1.94. The van der Waals surface area contributed by atoms with Crippen molar-refractivity contribution in [3.63, 3.8) is 0 Å². The maximum atomic E-state index is 5.53. The van der Waals surface area contributed by atoms with Crippen LogP contribution in [0.25, 0.3) is 0 Å². The number of anilines is 2. The Morgan fingerprint density at radius 2 is 1.47 bits per heavy atom. The van der Waals surface area contributed by atoms with Crippen molar-refractivity contribution in [2.45, 2.75) is 19.3 Å². The summed E-state index contributed by atoms with van der Waals surface area (Å²) in [6.07, 6.45) is 6.91. The molecule has 0 bridgehead atoms. The molecule has 0 amide bonds. The molecule has 0 aliphatic rings. The number of pyridine rings is 2. The Morgan fingerprint density at radius 3 is 1.95 bits per heavy atom. The molecule has 2 heterocycles. The van der Waals surface area contributed by atoms with Crippen LogP contribution in [0.15, 0.2) is 48.8 Å². The predicted octanol–water partition coefficient (Wildman–Crippen LogP) is 2.74. The first-order chi connectivity index (χ1) is 9.42. The van der Waals surface area contributed by atoms with E-state index in [1.54, 1.807) is 0 Å². The van der Waals surface area contributed by atoms with Crippen LogP contribution in [0.3, 0.4) is 0 Å². The van der Waals surface area contributed by atoms with Gasteiger partial charge in [0.05, 0.1) is 0 Å². The van der Waals surface area contributed by atoms with E-state index in [9.17, 15) is 0 Å². The van der Waals surface area contributed by atoms with E-state index < -0.39 is 0 Å². The number of nitrogens with zero attached hydrogens (tertiary/aromatic N) is 3. The summed E-state index contributed by atoms with van der Waals surface area (Å²) in [5.41, 5.74) is 5.53. The third kappa shape index (κ3) is 4.03. The van der Waals surface area contributed by atoms with Crippen LogP contribution in [0, 0.1) is 0 Å². The Morgan fingerprint density at radius 1 is 0.842 bits per heavy atom. The number of hydrogen-bond acceptors (Lipinski definition) is 4. The molecule has 0 radical (unpaired) electrons. The summed E-state index contributed by atoms with van der Waals surface area (Å²) in [7, 11) is 0. The number of aromatic nitrogens is 2. The van der Waals surface area contributed by atoms with Gasteiger partial charge in [-0.2, -0.15) is 0 Å². The van der Waals surface area contributed by atoms with Crippen LogP contribution >= 0.6 is 0 Å². The fraction of sp³-hybridized carbons (Fsp3) is 0.333. The summed E-state index contributed by atoms with van der Waals surface area (Å²) in [6, 6.07) is 11.9. The Labute approximate surface area is 114 Å². The van der Waals surface area contributed by atoms with Crippen LogP contribution in [-0.2, 0) is 0 Å². The number of rotatable bonds is 7. The van der Waals surface area contributed by atoms with E-state index in [0.29, 0.717) is 0 Å². The second-order valence-corrected chi connectivity index (χ2v) is 4.38. The van der Waals surface area contributed by atoms with Crippen molar-refractivity contribution in [1.29, 1.82) is 0 Å². The minimum absolute atomic E-state index is 0.757. The third-order valence-electron chi connectivity index (χ3n) is 2.94. The molecule has 0 aliphatic carbocycles. The van der Waals surface area contributed by atoms with E-state index in [1.807, 2.05) is 48.8 Å². The average Bonchev–Trinajstić information content (AvgIpc) is 2.49.